The number of hydrogen-bond donors (Lipinski definition) is 1. The lowest BCUT2D eigenvalue weighted by Crippen LogP contribution is -2.30. The molecule has 1 aliphatic heterocycles. The molecule has 0 spiro atoms. The number of nitrogens with zero attached hydrogens (tertiary/aromatic N) is 4. The Bertz CT molecular complexity index is 1150. The largest absolute Gasteiger partial charge is 0.461 e. The van der Waals surface area contributed by atoms with Gasteiger partial charge < -0.3 is 9.32 Å². The first-order valence-electron chi connectivity index (χ1n) is 9.23. The monoisotopic (exact) mass is 421 g/mol. The minimum absolute atomic E-state index is 0.0637. The maximum absolute atomic E-state index is 12.5. The maximum atomic E-state index is 12.5. The molecule has 30 heavy (non-hydrogen) atoms. The number of carbonyl (C=O) groups excluding carboxylic acids is 2. The Hall–Kier alpha value is -3.46. The van der Waals surface area contributed by atoms with Gasteiger partial charge in [-0.05, 0) is 50.0 Å². The van der Waals surface area contributed by atoms with Crippen LogP contribution in [0.1, 0.15) is 26.6 Å². The van der Waals surface area contributed by atoms with Crippen molar-refractivity contribution in [2.45, 2.75) is 6.92 Å². The van der Waals surface area contributed by atoms with Crippen molar-refractivity contribution >= 4 is 52.9 Å². The van der Waals surface area contributed by atoms with E-state index in [1.165, 1.54) is 6.20 Å². The Morgan fingerprint density at radius 1 is 1.27 bits per heavy atom. The molecule has 0 radical (unpaired) electrons. The number of aliphatic imine (C=N–C) groups is 2. The van der Waals surface area contributed by atoms with Crippen LogP contribution in [0.4, 0.5) is 5.69 Å². The zero-order valence-electron chi connectivity index (χ0n) is 16.3. The summed E-state index contributed by atoms with van der Waals surface area (Å²) in [5, 5.41) is 3.52. The summed E-state index contributed by atoms with van der Waals surface area (Å²) < 4.78 is 5.55. The number of aromatic nitrogens is 1. The molecule has 4 rings (SSSR count). The minimum atomic E-state index is -0.440. The van der Waals surface area contributed by atoms with Crippen molar-refractivity contribution in [3.05, 3.63) is 59.6 Å². The number of fused-ring (bicyclic) bond motifs is 1. The van der Waals surface area contributed by atoms with Crippen molar-refractivity contribution in [2.24, 2.45) is 9.98 Å². The van der Waals surface area contributed by atoms with E-state index in [0.717, 1.165) is 22.5 Å². The lowest BCUT2D eigenvalue weighted by molar-refractivity contribution is 0.0796. The van der Waals surface area contributed by atoms with Gasteiger partial charge in [0, 0.05) is 23.9 Å². The smallest absolute Gasteiger partial charge is 0.273 e. The fourth-order valence-electron chi connectivity index (χ4n) is 3.02. The standard InChI is InChI=1S/C21H19N5O3S/c1-13-9-15-10-16(4-6-18(15)29-13)24-21(22-2)25-19(27)14-3-5-17(23-11-14)20(28)26-7-8-30-12-26/h3-6,9-11H,2,7-8,12H2,1H3,(H,24,25,27). The van der Waals surface area contributed by atoms with Gasteiger partial charge in [-0.1, -0.05) is 0 Å². The molecular weight excluding hydrogens is 402 g/mol. The van der Waals surface area contributed by atoms with Crippen LogP contribution in [0.3, 0.4) is 0 Å². The van der Waals surface area contributed by atoms with E-state index < -0.39 is 5.91 Å². The fourth-order valence-corrected chi connectivity index (χ4v) is 3.97. The van der Waals surface area contributed by atoms with E-state index in [4.69, 9.17) is 4.42 Å². The predicted octanol–water partition coefficient (Wildman–Crippen LogP) is 3.40. The van der Waals surface area contributed by atoms with Crippen LogP contribution in [0.5, 0.6) is 0 Å². The van der Waals surface area contributed by atoms with Crippen LogP contribution < -0.4 is 5.32 Å². The second-order valence-electron chi connectivity index (χ2n) is 6.66. The first-order valence-corrected chi connectivity index (χ1v) is 10.4. The molecule has 1 fully saturated rings. The number of furan rings is 1. The quantitative estimate of drug-likeness (QED) is 0.516. The third kappa shape index (κ3) is 4.25. The fraction of sp³-hybridized carbons (Fsp3) is 0.190. The van der Waals surface area contributed by atoms with Crippen LogP contribution in [0.15, 0.2) is 57.0 Å². The van der Waals surface area contributed by atoms with E-state index in [2.05, 4.69) is 27.0 Å². The molecule has 3 aromatic rings. The molecule has 2 aromatic heterocycles. The lowest BCUT2D eigenvalue weighted by Gasteiger charge is -2.13. The summed E-state index contributed by atoms with van der Waals surface area (Å²) in [7, 11) is 0. The molecule has 1 N–H and O–H groups in total. The van der Waals surface area contributed by atoms with Gasteiger partial charge in [0.05, 0.1) is 17.1 Å². The summed E-state index contributed by atoms with van der Waals surface area (Å²) in [5.41, 5.74) is 1.97. The molecule has 152 valence electrons. The third-order valence-corrected chi connectivity index (χ3v) is 5.48. The van der Waals surface area contributed by atoms with E-state index in [-0.39, 0.29) is 11.9 Å². The van der Waals surface area contributed by atoms with Crippen LogP contribution in [0.2, 0.25) is 0 Å². The average Bonchev–Trinajstić information content (AvgIpc) is 3.41. The van der Waals surface area contributed by atoms with E-state index in [1.807, 2.05) is 25.1 Å². The van der Waals surface area contributed by atoms with Crippen molar-refractivity contribution in [1.82, 2.24) is 15.2 Å². The number of thioether (sulfide) groups is 1. The Morgan fingerprint density at radius 2 is 2.13 bits per heavy atom. The van der Waals surface area contributed by atoms with Gasteiger partial charge in [-0.2, -0.15) is 0 Å². The Labute approximate surface area is 177 Å². The number of benzene rings is 1. The zero-order valence-corrected chi connectivity index (χ0v) is 17.1. The van der Waals surface area contributed by atoms with Gasteiger partial charge in [0.25, 0.3) is 11.8 Å². The van der Waals surface area contributed by atoms with Gasteiger partial charge in [-0.25, -0.2) is 9.98 Å². The number of rotatable bonds is 3. The molecular formula is C21H19N5O3S. The van der Waals surface area contributed by atoms with Gasteiger partial charge in [-0.3, -0.25) is 19.9 Å². The van der Waals surface area contributed by atoms with Crippen LogP contribution in [-0.4, -0.2) is 52.5 Å². The SMILES string of the molecule is C=NC(=Nc1ccc2oc(C)cc2c1)NC(=O)c1ccc(C(=O)N2CCSC2)nc1. The summed E-state index contributed by atoms with van der Waals surface area (Å²) in [4.78, 5) is 38.9. The van der Waals surface area contributed by atoms with Gasteiger partial charge in [0.2, 0.25) is 5.96 Å². The summed E-state index contributed by atoms with van der Waals surface area (Å²) in [6.07, 6.45) is 1.37. The normalized spacial score (nSPS) is 14.2. The third-order valence-electron chi connectivity index (χ3n) is 4.52. The molecule has 8 nitrogen and oxygen atoms in total. The highest BCUT2D eigenvalue weighted by atomic mass is 32.2. The number of aryl methyl sites for hydroxylation is 1. The Morgan fingerprint density at radius 3 is 2.83 bits per heavy atom. The number of carbonyl (C=O) groups is 2. The molecule has 1 saturated heterocycles. The number of guanidine groups is 1. The van der Waals surface area contributed by atoms with E-state index >= 15 is 0 Å². The van der Waals surface area contributed by atoms with E-state index in [1.54, 1.807) is 34.9 Å². The van der Waals surface area contributed by atoms with Gasteiger partial charge in [0.15, 0.2) is 0 Å². The Kier molecular flexibility index (Phi) is 5.62. The van der Waals surface area contributed by atoms with Gasteiger partial charge in [-0.15, -0.1) is 11.8 Å². The minimum Gasteiger partial charge on any atom is -0.461 e. The predicted molar refractivity (Wildman–Crippen MR) is 118 cm³/mol. The number of pyridine rings is 1. The molecule has 0 aliphatic carbocycles. The highest BCUT2D eigenvalue weighted by Crippen LogP contribution is 2.24. The van der Waals surface area contributed by atoms with Crippen LogP contribution in [0.25, 0.3) is 11.0 Å². The highest BCUT2D eigenvalue weighted by molar-refractivity contribution is 7.99. The summed E-state index contributed by atoms with van der Waals surface area (Å²) in [6, 6.07) is 10.4. The zero-order chi connectivity index (χ0) is 21.1. The molecule has 0 unspecified atom stereocenters. The van der Waals surface area contributed by atoms with Crippen LogP contribution in [0, 0.1) is 6.92 Å². The molecule has 3 heterocycles. The molecule has 0 bridgehead atoms. The van der Waals surface area contributed by atoms with E-state index in [9.17, 15) is 9.59 Å². The second-order valence-corrected chi connectivity index (χ2v) is 7.74. The molecule has 0 saturated carbocycles. The maximum Gasteiger partial charge on any atom is 0.273 e. The topological polar surface area (TPSA) is 100 Å². The molecule has 1 aliphatic rings. The average molecular weight is 421 g/mol. The van der Waals surface area contributed by atoms with Gasteiger partial charge >= 0.3 is 0 Å². The number of nitrogens with one attached hydrogen (secondary N) is 1. The molecule has 2 amide bonds. The molecule has 1 aromatic carbocycles. The van der Waals surface area contributed by atoms with E-state index in [0.29, 0.717) is 29.4 Å². The van der Waals surface area contributed by atoms with Gasteiger partial charge in [0.1, 0.15) is 17.0 Å². The highest BCUT2D eigenvalue weighted by Gasteiger charge is 2.21. The van der Waals surface area contributed by atoms with Crippen LogP contribution in [-0.2, 0) is 0 Å². The van der Waals surface area contributed by atoms with Crippen molar-refractivity contribution in [3.8, 4) is 0 Å². The van der Waals surface area contributed by atoms with Crippen molar-refractivity contribution in [3.63, 3.8) is 0 Å². The summed E-state index contributed by atoms with van der Waals surface area (Å²) in [6.45, 7) is 6.05. The number of amides is 2. The summed E-state index contributed by atoms with van der Waals surface area (Å²) >= 11 is 1.70. The summed E-state index contributed by atoms with van der Waals surface area (Å²) in [5.74, 6) is 1.89. The number of hydrogen-bond acceptors (Lipinski definition) is 6. The lowest BCUT2D eigenvalue weighted by atomic mass is 10.2. The van der Waals surface area contributed by atoms with Crippen molar-refractivity contribution < 1.29 is 14.0 Å². The molecule has 9 heteroatoms. The first-order chi connectivity index (χ1) is 14.5. The van der Waals surface area contributed by atoms with Crippen molar-refractivity contribution in [1.29, 1.82) is 0 Å². The Balaban J connectivity index is 1.47. The van der Waals surface area contributed by atoms with Crippen molar-refractivity contribution in [2.75, 3.05) is 18.2 Å². The first kappa shape index (κ1) is 19.8. The second kappa shape index (κ2) is 8.50. The molecule has 0 atom stereocenters. The van der Waals surface area contributed by atoms with Crippen LogP contribution >= 0.6 is 11.8 Å².